The maximum Gasteiger partial charge on any atom is 0.174 e. The van der Waals surface area contributed by atoms with Crippen LogP contribution in [-0.2, 0) is 0 Å². The maximum atomic E-state index is 5.87. The molecular weight excluding hydrogens is 416 g/mol. The SMILES string of the molecule is COc1ccccc1N1C(=S)N[C@H](c2ccccn2)[C@H]1c1cccn1-c1ccccc1C. The summed E-state index contributed by atoms with van der Waals surface area (Å²) in [6, 6.07) is 26.4. The van der Waals surface area contributed by atoms with Gasteiger partial charge in [0.05, 0.1) is 24.5 Å². The van der Waals surface area contributed by atoms with E-state index < -0.39 is 0 Å². The minimum Gasteiger partial charge on any atom is -0.495 e. The Morgan fingerprint density at radius 1 is 0.906 bits per heavy atom. The first-order valence-electron chi connectivity index (χ1n) is 10.6. The highest BCUT2D eigenvalue weighted by Crippen LogP contribution is 2.44. The average molecular weight is 441 g/mol. The Labute approximate surface area is 193 Å². The minimum absolute atomic E-state index is 0.119. The molecule has 3 heterocycles. The molecule has 1 aliphatic heterocycles. The Bertz CT molecular complexity index is 1250. The quantitative estimate of drug-likeness (QED) is 0.423. The number of hydrogen-bond donors (Lipinski definition) is 1. The van der Waals surface area contributed by atoms with E-state index in [0.29, 0.717) is 5.11 Å². The highest BCUT2D eigenvalue weighted by Gasteiger charge is 2.43. The van der Waals surface area contributed by atoms with E-state index in [9.17, 15) is 0 Å². The van der Waals surface area contributed by atoms with E-state index in [-0.39, 0.29) is 12.1 Å². The summed E-state index contributed by atoms with van der Waals surface area (Å²) in [6.45, 7) is 2.13. The summed E-state index contributed by atoms with van der Waals surface area (Å²) < 4.78 is 7.94. The van der Waals surface area contributed by atoms with Crippen molar-refractivity contribution in [3.05, 3.63) is 108 Å². The summed E-state index contributed by atoms with van der Waals surface area (Å²) in [5.74, 6) is 0.775. The monoisotopic (exact) mass is 440 g/mol. The van der Waals surface area contributed by atoms with E-state index in [1.807, 2.05) is 48.7 Å². The van der Waals surface area contributed by atoms with E-state index >= 15 is 0 Å². The Morgan fingerprint density at radius 2 is 1.66 bits per heavy atom. The molecule has 4 aromatic rings. The van der Waals surface area contributed by atoms with Gasteiger partial charge in [0.1, 0.15) is 11.8 Å². The van der Waals surface area contributed by atoms with Crippen molar-refractivity contribution in [2.45, 2.75) is 19.0 Å². The van der Waals surface area contributed by atoms with Gasteiger partial charge in [-0.15, -0.1) is 0 Å². The van der Waals surface area contributed by atoms with Crippen LogP contribution in [0, 0.1) is 6.92 Å². The van der Waals surface area contributed by atoms with Crippen molar-refractivity contribution >= 4 is 23.0 Å². The number of thiocarbonyl (C=S) groups is 1. The molecule has 2 aromatic carbocycles. The molecule has 0 bridgehead atoms. The fraction of sp³-hybridized carbons (Fsp3) is 0.154. The predicted octanol–water partition coefficient (Wildman–Crippen LogP) is 5.37. The first-order chi connectivity index (χ1) is 15.7. The van der Waals surface area contributed by atoms with Gasteiger partial charge in [-0.2, -0.15) is 0 Å². The lowest BCUT2D eigenvalue weighted by Crippen LogP contribution is -2.30. The number of nitrogens with one attached hydrogen (secondary N) is 1. The first-order valence-corrected chi connectivity index (χ1v) is 11.0. The van der Waals surface area contributed by atoms with E-state index in [0.717, 1.165) is 28.5 Å². The van der Waals surface area contributed by atoms with E-state index in [1.54, 1.807) is 7.11 Å². The van der Waals surface area contributed by atoms with Crippen molar-refractivity contribution in [3.63, 3.8) is 0 Å². The van der Waals surface area contributed by atoms with Crippen molar-refractivity contribution in [3.8, 4) is 11.4 Å². The Balaban J connectivity index is 1.71. The van der Waals surface area contributed by atoms with Gasteiger partial charge in [0.25, 0.3) is 0 Å². The Hall–Kier alpha value is -3.64. The van der Waals surface area contributed by atoms with Crippen LogP contribution in [0.2, 0.25) is 0 Å². The van der Waals surface area contributed by atoms with Gasteiger partial charge in [0, 0.05) is 23.8 Å². The van der Waals surface area contributed by atoms with Crippen molar-refractivity contribution in [1.82, 2.24) is 14.9 Å². The lowest BCUT2D eigenvalue weighted by atomic mass is 10.0. The molecule has 5 rings (SSSR count). The van der Waals surface area contributed by atoms with Gasteiger partial charge in [-0.05, 0) is 67.2 Å². The molecule has 2 atom stereocenters. The second-order valence-corrected chi connectivity index (χ2v) is 8.14. The predicted molar refractivity (Wildman–Crippen MR) is 131 cm³/mol. The number of ether oxygens (including phenoxy) is 1. The van der Waals surface area contributed by atoms with Crippen molar-refractivity contribution < 1.29 is 4.74 Å². The van der Waals surface area contributed by atoms with Crippen LogP contribution in [0.25, 0.3) is 5.69 Å². The van der Waals surface area contributed by atoms with Crippen LogP contribution in [0.3, 0.4) is 0 Å². The van der Waals surface area contributed by atoms with Crippen LogP contribution in [0.4, 0.5) is 5.69 Å². The average Bonchev–Trinajstić information content (AvgIpc) is 3.44. The molecule has 0 amide bonds. The summed E-state index contributed by atoms with van der Waals surface area (Å²) in [6.07, 6.45) is 3.93. The second kappa shape index (κ2) is 8.48. The first kappa shape index (κ1) is 20.3. The van der Waals surface area contributed by atoms with Crippen molar-refractivity contribution in [2.24, 2.45) is 0 Å². The molecule has 6 heteroatoms. The third-order valence-corrected chi connectivity index (χ3v) is 6.22. The van der Waals surface area contributed by atoms with Gasteiger partial charge in [-0.25, -0.2) is 0 Å². The van der Waals surface area contributed by atoms with Crippen LogP contribution < -0.4 is 15.0 Å². The second-order valence-electron chi connectivity index (χ2n) is 7.76. The number of benzene rings is 2. The van der Waals surface area contributed by atoms with Gasteiger partial charge >= 0.3 is 0 Å². The highest BCUT2D eigenvalue weighted by molar-refractivity contribution is 7.80. The summed E-state index contributed by atoms with van der Waals surface area (Å²) in [4.78, 5) is 6.81. The molecular formula is C26H24N4OS. The largest absolute Gasteiger partial charge is 0.495 e. The zero-order valence-electron chi connectivity index (χ0n) is 18.0. The highest BCUT2D eigenvalue weighted by atomic mass is 32.1. The molecule has 0 unspecified atom stereocenters. The molecule has 2 aromatic heterocycles. The summed E-state index contributed by atoms with van der Waals surface area (Å²) in [7, 11) is 1.69. The molecule has 1 aliphatic rings. The molecule has 0 aliphatic carbocycles. The minimum atomic E-state index is -0.122. The van der Waals surface area contributed by atoms with Gasteiger partial charge in [-0.1, -0.05) is 36.4 Å². The molecule has 32 heavy (non-hydrogen) atoms. The van der Waals surface area contributed by atoms with Gasteiger partial charge < -0.3 is 19.5 Å². The third kappa shape index (κ3) is 3.42. The number of para-hydroxylation sites is 3. The Kier molecular flexibility index (Phi) is 5.37. The third-order valence-electron chi connectivity index (χ3n) is 5.90. The normalized spacial score (nSPS) is 17.9. The summed E-state index contributed by atoms with van der Waals surface area (Å²) in [5.41, 5.74) is 5.33. The van der Waals surface area contributed by atoms with Crippen molar-refractivity contribution in [2.75, 3.05) is 12.0 Å². The van der Waals surface area contributed by atoms with Crippen LogP contribution in [0.1, 0.15) is 29.0 Å². The fourth-order valence-corrected chi connectivity index (χ4v) is 4.77. The number of hydrogen-bond acceptors (Lipinski definition) is 3. The lowest BCUT2D eigenvalue weighted by Gasteiger charge is -2.30. The Morgan fingerprint density at radius 3 is 2.41 bits per heavy atom. The summed E-state index contributed by atoms with van der Waals surface area (Å²) in [5, 5.41) is 4.17. The number of aryl methyl sites for hydroxylation is 1. The van der Waals surface area contributed by atoms with Crippen LogP contribution >= 0.6 is 12.2 Å². The number of anilines is 1. The molecule has 0 spiro atoms. The van der Waals surface area contributed by atoms with E-state index in [4.69, 9.17) is 17.0 Å². The number of aromatic nitrogens is 2. The van der Waals surface area contributed by atoms with Gasteiger partial charge in [0.2, 0.25) is 0 Å². The lowest BCUT2D eigenvalue weighted by molar-refractivity contribution is 0.414. The van der Waals surface area contributed by atoms with Crippen LogP contribution in [0.15, 0.2) is 91.3 Å². The number of nitrogens with zero attached hydrogens (tertiary/aromatic N) is 3. The standard InChI is InChI=1S/C26H24N4OS/c1-18-10-3-4-12-20(18)29-17-9-14-22(29)25-24(19-11-7-8-16-27-19)28-26(32)30(25)21-13-5-6-15-23(21)31-2/h3-17,24-25H,1-2H3,(H,28,32)/t24-,25-/m1/s1. The smallest absolute Gasteiger partial charge is 0.174 e. The van der Waals surface area contributed by atoms with Crippen molar-refractivity contribution in [1.29, 1.82) is 0 Å². The molecule has 1 fully saturated rings. The van der Waals surface area contributed by atoms with Gasteiger partial charge in [0.15, 0.2) is 5.11 Å². The maximum absolute atomic E-state index is 5.87. The molecule has 160 valence electrons. The zero-order valence-corrected chi connectivity index (χ0v) is 18.8. The van der Waals surface area contributed by atoms with Crippen LogP contribution in [-0.4, -0.2) is 21.8 Å². The fourth-order valence-electron chi connectivity index (χ4n) is 4.43. The van der Waals surface area contributed by atoms with E-state index in [1.165, 1.54) is 5.56 Å². The number of methoxy groups -OCH3 is 1. The zero-order chi connectivity index (χ0) is 22.1. The van der Waals surface area contributed by atoms with Gasteiger partial charge in [-0.3, -0.25) is 4.98 Å². The number of rotatable bonds is 5. The van der Waals surface area contributed by atoms with Crippen LogP contribution in [0.5, 0.6) is 5.75 Å². The molecule has 1 saturated heterocycles. The molecule has 1 N–H and O–H groups in total. The molecule has 0 saturated carbocycles. The van der Waals surface area contributed by atoms with E-state index in [2.05, 4.69) is 69.3 Å². The molecule has 5 nitrogen and oxygen atoms in total. The molecule has 0 radical (unpaired) electrons. The number of pyridine rings is 1. The summed E-state index contributed by atoms with van der Waals surface area (Å²) >= 11 is 5.87. The topological polar surface area (TPSA) is 42.3 Å².